The third-order valence-electron chi connectivity index (χ3n) is 10.3. The van der Waals surface area contributed by atoms with Gasteiger partial charge in [0.1, 0.15) is 36.8 Å². The topological polar surface area (TPSA) is 186 Å². The smallest absolute Gasteiger partial charge is 0.306 e. The third-order valence-corrected chi connectivity index (χ3v) is 11.0. The Hall–Kier alpha value is -1.87. The van der Waals surface area contributed by atoms with Crippen molar-refractivity contribution in [3.05, 3.63) is 24.3 Å². The van der Waals surface area contributed by atoms with E-state index >= 15 is 0 Å². The quantitative estimate of drug-likeness (QED) is 0.0202. The van der Waals surface area contributed by atoms with Crippen molar-refractivity contribution in [1.82, 2.24) is 0 Å². The monoisotopic (exact) mass is 833 g/mol. The van der Waals surface area contributed by atoms with Gasteiger partial charge in [0.2, 0.25) is 0 Å². The molecule has 0 aromatic carbocycles. The zero-order valence-corrected chi connectivity index (χ0v) is 36.3. The molecule has 4 N–H and O–H groups in total. The zero-order valence-electron chi connectivity index (χ0n) is 35.4. The zero-order chi connectivity index (χ0) is 42.0. The maximum atomic E-state index is 12.8. The summed E-state index contributed by atoms with van der Waals surface area (Å²) >= 11 is 0. The van der Waals surface area contributed by atoms with Crippen molar-refractivity contribution in [1.29, 1.82) is 0 Å². The number of ether oxygens (including phenoxy) is 4. The molecule has 1 saturated heterocycles. The summed E-state index contributed by atoms with van der Waals surface area (Å²) in [7, 11) is -4.60. The van der Waals surface area contributed by atoms with Crippen LogP contribution >= 0.6 is 0 Å². The summed E-state index contributed by atoms with van der Waals surface area (Å²) in [6.45, 7) is 3.72. The van der Waals surface area contributed by atoms with Crippen LogP contribution in [0.5, 0.6) is 0 Å². The summed E-state index contributed by atoms with van der Waals surface area (Å²) in [6, 6.07) is 0. The van der Waals surface area contributed by atoms with Gasteiger partial charge in [0.25, 0.3) is 10.1 Å². The lowest BCUT2D eigenvalue weighted by Crippen LogP contribution is -2.60. The van der Waals surface area contributed by atoms with E-state index in [0.29, 0.717) is 12.8 Å². The molecule has 0 spiro atoms. The number of aliphatic hydroxyl groups is 3. The molecule has 13 heteroatoms. The first kappa shape index (κ1) is 53.1. The van der Waals surface area contributed by atoms with Crippen LogP contribution in [0.3, 0.4) is 0 Å². The fraction of sp³-hybridized carbons (Fsp3) is 0.864. The molecule has 0 bridgehead atoms. The summed E-state index contributed by atoms with van der Waals surface area (Å²) in [5.41, 5.74) is 0. The number of carbonyl (C=O) groups excluding carboxylic acids is 2. The molecule has 6 atom stereocenters. The van der Waals surface area contributed by atoms with Gasteiger partial charge in [-0.25, -0.2) is 0 Å². The predicted octanol–water partition coefficient (Wildman–Crippen LogP) is 8.84. The van der Waals surface area contributed by atoms with Gasteiger partial charge in [-0.15, -0.1) is 0 Å². The minimum Gasteiger partial charge on any atom is -0.462 e. The molecule has 1 rings (SSSR count). The second-order valence-corrected chi connectivity index (χ2v) is 17.2. The first-order valence-electron chi connectivity index (χ1n) is 22.4. The number of hydrogen-bond donors (Lipinski definition) is 4. The van der Waals surface area contributed by atoms with E-state index in [9.17, 15) is 37.9 Å². The lowest BCUT2D eigenvalue weighted by Gasteiger charge is -2.40. The maximum Gasteiger partial charge on any atom is 0.306 e. The largest absolute Gasteiger partial charge is 0.462 e. The SMILES string of the molecule is CCCCC/C=C\CCCCCCCC(=O)OCC(COC1OC(CS(=O)(=O)O)C(O)C(O)C1O)OC(=O)CCCCCCCCC/C=C\CCCCCCCC. The molecule has 1 fully saturated rings. The van der Waals surface area contributed by atoms with Crippen LogP contribution in [0.25, 0.3) is 0 Å². The van der Waals surface area contributed by atoms with Gasteiger partial charge in [0.15, 0.2) is 12.4 Å². The molecule has 334 valence electrons. The second-order valence-electron chi connectivity index (χ2n) is 15.7. The summed E-state index contributed by atoms with van der Waals surface area (Å²) in [4.78, 5) is 25.4. The van der Waals surface area contributed by atoms with E-state index < -0.39 is 71.2 Å². The highest BCUT2D eigenvalue weighted by Gasteiger charge is 2.46. The average Bonchev–Trinajstić information content (AvgIpc) is 3.17. The van der Waals surface area contributed by atoms with Crippen LogP contribution < -0.4 is 0 Å². The van der Waals surface area contributed by atoms with E-state index in [1.165, 1.54) is 77.0 Å². The highest BCUT2D eigenvalue weighted by Crippen LogP contribution is 2.24. The van der Waals surface area contributed by atoms with Gasteiger partial charge in [-0.2, -0.15) is 8.42 Å². The molecule has 57 heavy (non-hydrogen) atoms. The van der Waals surface area contributed by atoms with Crippen LogP contribution in [0, 0.1) is 0 Å². The van der Waals surface area contributed by atoms with Crippen molar-refractivity contribution in [3.8, 4) is 0 Å². The molecule has 1 aliphatic heterocycles. The molecule has 0 saturated carbocycles. The molecular weight excluding hydrogens is 753 g/mol. The summed E-state index contributed by atoms with van der Waals surface area (Å²) in [6.07, 6.45) is 27.9. The minimum atomic E-state index is -4.60. The van der Waals surface area contributed by atoms with Crippen molar-refractivity contribution in [2.45, 2.75) is 224 Å². The molecule has 1 heterocycles. The van der Waals surface area contributed by atoms with E-state index in [-0.39, 0.29) is 19.4 Å². The van der Waals surface area contributed by atoms with E-state index in [1.807, 2.05) is 0 Å². The molecule has 0 aromatic heterocycles. The number of allylic oxidation sites excluding steroid dienone is 4. The lowest BCUT2D eigenvalue weighted by atomic mass is 10.00. The number of rotatable bonds is 37. The van der Waals surface area contributed by atoms with Gasteiger partial charge < -0.3 is 34.3 Å². The molecular formula is C44H80O12S. The third kappa shape index (κ3) is 29.9. The van der Waals surface area contributed by atoms with Crippen molar-refractivity contribution < 1.29 is 56.8 Å². The Labute approximate surface area is 345 Å². The highest BCUT2D eigenvalue weighted by atomic mass is 32.2. The molecule has 1 aliphatic rings. The number of unbranched alkanes of at least 4 members (excludes halogenated alkanes) is 21. The van der Waals surface area contributed by atoms with Crippen molar-refractivity contribution in [2.75, 3.05) is 19.0 Å². The van der Waals surface area contributed by atoms with Crippen molar-refractivity contribution in [3.63, 3.8) is 0 Å². The Balaban J connectivity index is 2.45. The Morgan fingerprint density at radius 1 is 0.579 bits per heavy atom. The van der Waals surface area contributed by atoms with Gasteiger partial charge in [-0.05, 0) is 64.2 Å². The minimum absolute atomic E-state index is 0.159. The van der Waals surface area contributed by atoms with E-state index in [0.717, 1.165) is 70.6 Å². The predicted molar refractivity (Wildman–Crippen MR) is 224 cm³/mol. The number of carbonyl (C=O) groups is 2. The fourth-order valence-corrected chi connectivity index (χ4v) is 7.42. The molecule has 0 aromatic rings. The molecule has 0 aliphatic carbocycles. The number of esters is 2. The summed E-state index contributed by atoms with van der Waals surface area (Å²) in [5, 5.41) is 30.8. The van der Waals surface area contributed by atoms with Crippen molar-refractivity contribution in [2.24, 2.45) is 0 Å². The Morgan fingerprint density at radius 3 is 1.49 bits per heavy atom. The fourth-order valence-electron chi connectivity index (χ4n) is 6.72. The van der Waals surface area contributed by atoms with E-state index in [2.05, 4.69) is 38.2 Å². The van der Waals surface area contributed by atoms with Crippen LogP contribution in [-0.2, 0) is 38.7 Å². The number of hydrogen-bond acceptors (Lipinski definition) is 11. The second kappa shape index (κ2) is 34.9. The van der Waals surface area contributed by atoms with E-state index in [1.54, 1.807) is 0 Å². The summed E-state index contributed by atoms with van der Waals surface area (Å²) < 4.78 is 54.0. The standard InChI is InChI=1S/C44H80O12S/c1-3-5-7-9-11-13-15-17-18-19-20-21-23-25-27-29-31-33-40(46)55-37(35-54-44-43(49)42(48)41(47)38(56-44)36-57(50,51)52)34-53-39(45)32-30-28-26-24-22-16-14-12-10-8-6-4-2/h12,14,17-18,37-38,41-44,47-49H,3-11,13,15-16,19-36H2,1-2H3,(H,50,51,52)/b14-12-,18-17-. The van der Waals surface area contributed by atoms with Crippen LogP contribution in [0.4, 0.5) is 0 Å². The normalized spacial score (nSPS) is 20.7. The van der Waals surface area contributed by atoms with Crippen LogP contribution in [0.1, 0.15) is 187 Å². The van der Waals surface area contributed by atoms with Crippen LogP contribution in [-0.4, -0.2) is 96.0 Å². The Bertz CT molecular complexity index is 1160. The Morgan fingerprint density at radius 2 is 1.00 bits per heavy atom. The number of aliphatic hydroxyl groups excluding tert-OH is 3. The first-order chi connectivity index (χ1) is 27.5. The van der Waals surface area contributed by atoms with Gasteiger partial charge in [0.05, 0.1) is 6.61 Å². The van der Waals surface area contributed by atoms with Gasteiger partial charge in [-0.3, -0.25) is 14.1 Å². The van der Waals surface area contributed by atoms with Gasteiger partial charge in [-0.1, -0.05) is 134 Å². The first-order valence-corrected chi connectivity index (χ1v) is 24.0. The van der Waals surface area contributed by atoms with Crippen LogP contribution in [0.2, 0.25) is 0 Å². The molecule has 0 amide bonds. The molecule has 0 radical (unpaired) electrons. The lowest BCUT2D eigenvalue weighted by molar-refractivity contribution is -0.297. The molecule has 12 nitrogen and oxygen atoms in total. The average molecular weight is 833 g/mol. The highest BCUT2D eigenvalue weighted by molar-refractivity contribution is 7.85. The summed E-state index contributed by atoms with van der Waals surface area (Å²) in [5.74, 6) is -2.00. The molecule has 6 unspecified atom stereocenters. The van der Waals surface area contributed by atoms with E-state index in [4.69, 9.17) is 18.9 Å². The van der Waals surface area contributed by atoms with Gasteiger partial charge in [0, 0.05) is 12.8 Å². The van der Waals surface area contributed by atoms with Crippen molar-refractivity contribution >= 4 is 22.1 Å². The van der Waals surface area contributed by atoms with Crippen LogP contribution in [0.15, 0.2) is 24.3 Å². The maximum absolute atomic E-state index is 12.8. The van der Waals surface area contributed by atoms with Gasteiger partial charge >= 0.3 is 11.9 Å². The Kier molecular flexibility index (Phi) is 32.6.